The molecule has 1 fully saturated rings. The van der Waals surface area contributed by atoms with Crippen LogP contribution in [0, 0.1) is 5.92 Å². The molecule has 2 N–H and O–H groups in total. The van der Waals surface area contributed by atoms with Gasteiger partial charge in [-0.15, -0.1) is 0 Å². The normalized spacial score (nSPS) is 16.1. The Morgan fingerprint density at radius 3 is 2.52 bits per heavy atom. The van der Waals surface area contributed by atoms with Crippen LogP contribution in [0.2, 0.25) is 5.02 Å². The van der Waals surface area contributed by atoms with Crippen molar-refractivity contribution in [3.8, 4) is 5.75 Å². The molecule has 0 saturated carbocycles. The minimum atomic E-state index is 0.543. The summed E-state index contributed by atoms with van der Waals surface area (Å²) in [6, 6.07) is 14.0. The first-order chi connectivity index (χ1) is 12.1. The Kier molecular flexibility index (Phi) is 6.77. The second-order valence-electron chi connectivity index (χ2n) is 6.62. The summed E-state index contributed by atoms with van der Waals surface area (Å²) in [5, 5.41) is 0.744. The summed E-state index contributed by atoms with van der Waals surface area (Å²) in [4.78, 5) is 2.49. The standard InChI is InChI=1S/C20H24BrClN2O/c21-18-3-6-20(25-14-16-1-4-19(22)5-2-16)17(11-18)13-24-9-7-15(12-23)8-10-24/h1-6,11,15H,7-10,12-14,23H2. The summed E-state index contributed by atoms with van der Waals surface area (Å²) < 4.78 is 7.17. The van der Waals surface area contributed by atoms with Gasteiger partial charge in [0.25, 0.3) is 0 Å². The second-order valence-corrected chi connectivity index (χ2v) is 7.97. The van der Waals surface area contributed by atoms with Crippen LogP contribution < -0.4 is 10.5 Å². The van der Waals surface area contributed by atoms with Crippen LogP contribution in [0.1, 0.15) is 24.0 Å². The van der Waals surface area contributed by atoms with Gasteiger partial charge in [0.1, 0.15) is 12.4 Å². The third-order valence-corrected chi connectivity index (χ3v) is 5.51. The van der Waals surface area contributed by atoms with Crippen LogP contribution in [-0.2, 0) is 13.2 Å². The van der Waals surface area contributed by atoms with Crippen LogP contribution in [0.3, 0.4) is 0 Å². The van der Waals surface area contributed by atoms with Gasteiger partial charge in [0, 0.05) is 21.6 Å². The van der Waals surface area contributed by atoms with E-state index in [0.29, 0.717) is 12.5 Å². The molecular formula is C20H24BrClN2O. The molecule has 1 aliphatic rings. The quantitative estimate of drug-likeness (QED) is 0.721. The molecule has 3 rings (SSSR count). The smallest absolute Gasteiger partial charge is 0.124 e. The highest BCUT2D eigenvalue weighted by atomic mass is 79.9. The summed E-state index contributed by atoms with van der Waals surface area (Å²) in [6.45, 7) is 4.46. The van der Waals surface area contributed by atoms with E-state index in [-0.39, 0.29) is 0 Å². The molecular weight excluding hydrogens is 400 g/mol. The van der Waals surface area contributed by atoms with Gasteiger partial charge in [0.15, 0.2) is 0 Å². The summed E-state index contributed by atoms with van der Waals surface area (Å²) in [5.41, 5.74) is 8.13. The van der Waals surface area contributed by atoms with Crippen LogP contribution in [-0.4, -0.2) is 24.5 Å². The van der Waals surface area contributed by atoms with Gasteiger partial charge < -0.3 is 10.5 Å². The molecule has 134 valence electrons. The van der Waals surface area contributed by atoms with Crippen molar-refractivity contribution in [2.45, 2.75) is 26.0 Å². The highest BCUT2D eigenvalue weighted by Gasteiger charge is 2.19. The molecule has 0 aromatic heterocycles. The molecule has 0 bridgehead atoms. The summed E-state index contributed by atoms with van der Waals surface area (Å²) >= 11 is 9.52. The number of ether oxygens (including phenoxy) is 1. The van der Waals surface area contributed by atoms with E-state index in [9.17, 15) is 0 Å². The van der Waals surface area contributed by atoms with Crippen molar-refractivity contribution in [2.24, 2.45) is 11.7 Å². The largest absolute Gasteiger partial charge is 0.489 e. The zero-order valence-corrected chi connectivity index (χ0v) is 16.6. The number of likely N-dealkylation sites (tertiary alicyclic amines) is 1. The van der Waals surface area contributed by atoms with Gasteiger partial charge in [-0.1, -0.05) is 39.7 Å². The lowest BCUT2D eigenvalue weighted by Crippen LogP contribution is -2.35. The molecule has 0 atom stereocenters. The van der Waals surface area contributed by atoms with Crippen LogP contribution in [0.25, 0.3) is 0 Å². The maximum absolute atomic E-state index is 6.09. The number of hydrogen-bond donors (Lipinski definition) is 1. The van der Waals surface area contributed by atoms with Crippen molar-refractivity contribution in [2.75, 3.05) is 19.6 Å². The monoisotopic (exact) mass is 422 g/mol. The molecule has 3 nitrogen and oxygen atoms in total. The molecule has 0 unspecified atom stereocenters. The van der Waals surface area contributed by atoms with Crippen molar-refractivity contribution < 1.29 is 4.74 Å². The van der Waals surface area contributed by atoms with Crippen LogP contribution in [0.5, 0.6) is 5.75 Å². The maximum Gasteiger partial charge on any atom is 0.124 e. The zero-order chi connectivity index (χ0) is 17.6. The summed E-state index contributed by atoms with van der Waals surface area (Å²) in [7, 11) is 0. The first-order valence-corrected chi connectivity index (χ1v) is 9.89. The van der Waals surface area contributed by atoms with E-state index in [0.717, 1.165) is 47.0 Å². The highest BCUT2D eigenvalue weighted by molar-refractivity contribution is 9.10. The van der Waals surface area contributed by atoms with Gasteiger partial charge in [0.05, 0.1) is 0 Å². The second kappa shape index (κ2) is 9.04. The fraction of sp³-hybridized carbons (Fsp3) is 0.400. The van der Waals surface area contributed by atoms with E-state index in [2.05, 4.69) is 26.9 Å². The van der Waals surface area contributed by atoms with Gasteiger partial charge in [-0.3, -0.25) is 4.90 Å². The zero-order valence-electron chi connectivity index (χ0n) is 14.3. The van der Waals surface area contributed by atoms with Crippen molar-refractivity contribution in [3.63, 3.8) is 0 Å². The Labute approximate surface area is 163 Å². The average molecular weight is 424 g/mol. The van der Waals surface area contributed by atoms with Crippen molar-refractivity contribution >= 4 is 27.5 Å². The number of hydrogen-bond acceptors (Lipinski definition) is 3. The Morgan fingerprint density at radius 2 is 1.84 bits per heavy atom. The minimum Gasteiger partial charge on any atom is -0.489 e. The number of nitrogens with zero attached hydrogens (tertiary/aromatic N) is 1. The predicted octanol–water partition coefficient (Wildman–Crippen LogP) is 4.85. The van der Waals surface area contributed by atoms with E-state index in [4.69, 9.17) is 22.1 Å². The molecule has 0 amide bonds. The summed E-state index contributed by atoms with van der Waals surface area (Å²) in [6.07, 6.45) is 2.37. The van der Waals surface area contributed by atoms with E-state index in [1.807, 2.05) is 36.4 Å². The molecule has 0 aliphatic carbocycles. The highest BCUT2D eigenvalue weighted by Crippen LogP contribution is 2.27. The third kappa shape index (κ3) is 5.45. The first kappa shape index (κ1) is 18.7. The molecule has 1 saturated heterocycles. The lowest BCUT2D eigenvalue weighted by Gasteiger charge is -2.31. The third-order valence-electron chi connectivity index (χ3n) is 4.76. The topological polar surface area (TPSA) is 38.5 Å². The first-order valence-electron chi connectivity index (χ1n) is 8.72. The van der Waals surface area contributed by atoms with E-state index < -0.39 is 0 Å². The number of halogens is 2. The van der Waals surface area contributed by atoms with E-state index >= 15 is 0 Å². The van der Waals surface area contributed by atoms with Crippen molar-refractivity contribution in [1.29, 1.82) is 0 Å². The summed E-state index contributed by atoms with van der Waals surface area (Å²) in [5.74, 6) is 1.62. The van der Waals surface area contributed by atoms with Crippen LogP contribution in [0.15, 0.2) is 46.9 Å². The lowest BCUT2D eigenvalue weighted by molar-refractivity contribution is 0.177. The van der Waals surface area contributed by atoms with E-state index in [1.165, 1.54) is 18.4 Å². The Balaban J connectivity index is 1.64. The van der Waals surface area contributed by atoms with Gasteiger partial charge >= 0.3 is 0 Å². The predicted molar refractivity (Wildman–Crippen MR) is 107 cm³/mol. The fourth-order valence-corrected chi connectivity index (χ4v) is 3.71. The van der Waals surface area contributed by atoms with Gasteiger partial charge in [-0.2, -0.15) is 0 Å². The van der Waals surface area contributed by atoms with Gasteiger partial charge in [-0.25, -0.2) is 0 Å². The molecule has 25 heavy (non-hydrogen) atoms. The molecule has 0 spiro atoms. The number of benzene rings is 2. The average Bonchev–Trinajstić information content (AvgIpc) is 2.63. The molecule has 2 aromatic rings. The number of rotatable bonds is 6. The van der Waals surface area contributed by atoms with Gasteiger partial charge in [-0.05, 0) is 74.3 Å². The molecule has 1 aliphatic heterocycles. The van der Waals surface area contributed by atoms with Crippen molar-refractivity contribution in [3.05, 3.63) is 63.1 Å². The molecule has 0 radical (unpaired) electrons. The molecule has 2 aromatic carbocycles. The number of piperidine rings is 1. The van der Waals surface area contributed by atoms with Crippen LogP contribution in [0.4, 0.5) is 0 Å². The number of nitrogens with two attached hydrogens (primary N) is 1. The fourth-order valence-electron chi connectivity index (χ4n) is 3.18. The Bertz CT molecular complexity index is 685. The van der Waals surface area contributed by atoms with Crippen LogP contribution >= 0.6 is 27.5 Å². The Hall–Kier alpha value is -1.07. The van der Waals surface area contributed by atoms with Crippen molar-refractivity contribution in [1.82, 2.24) is 4.90 Å². The minimum absolute atomic E-state index is 0.543. The van der Waals surface area contributed by atoms with E-state index in [1.54, 1.807) is 0 Å². The van der Waals surface area contributed by atoms with Gasteiger partial charge in [0.2, 0.25) is 0 Å². The maximum atomic E-state index is 6.09. The molecule has 1 heterocycles. The lowest BCUT2D eigenvalue weighted by atomic mass is 9.97. The SMILES string of the molecule is NCC1CCN(Cc2cc(Br)ccc2OCc2ccc(Cl)cc2)CC1. The molecule has 5 heteroatoms. The Morgan fingerprint density at radius 1 is 1.12 bits per heavy atom.